The number of pyridine rings is 1. The summed E-state index contributed by atoms with van der Waals surface area (Å²) in [5.41, 5.74) is 6.14. The topological polar surface area (TPSA) is 99.0 Å². The number of hydrogen-bond donors (Lipinski definition) is 0. The second kappa shape index (κ2) is 13.9. The van der Waals surface area contributed by atoms with E-state index in [1.807, 2.05) is 32.3 Å². The molecule has 2 aromatic carbocycles. The van der Waals surface area contributed by atoms with Gasteiger partial charge in [0, 0.05) is 72.3 Å². The van der Waals surface area contributed by atoms with Crippen molar-refractivity contribution in [1.29, 1.82) is 0 Å². The van der Waals surface area contributed by atoms with E-state index in [0.717, 1.165) is 43.9 Å². The number of halogens is 1. The maximum Gasteiger partial charge on any atom is 0.410 e. The fraction of sp³-hybridized carbons (Fsp3) is 0.333. The predicted octanol–water partition coefficient (Wildman–Crippen LogP) is 7.48. The molecule has 264 valence electrons. The first-order valence-corrected chi connectivity index (χ1v) is 17.8. The minimum Gasteiger partial charge on any atom is -0.490 e. The summed E-state index contributed by atoms with van der Waals surface area (Å²) in [5.74, 6) is 0.569. The standard InChI is InChI=1S/C39H40FN5O5S/c1-6-33(46)44-15-14-43-22-30(41-32(43)23-44)36-34(28-10-9-27(40)20-31(28)49-17-16-48-5)37-29(12-18-51-37)35(42-36)25-7-8-26-21-45(13-11-24(26)19-25)38(47)50-39(2,3)4/h6-10,12,18-20,22H,1,11,13-17,21,23H2,2-5H3. The minimum absolute atomic E-state index is 0.141. The second-order valence-electron chi connectivity index (χ2n) is 13.7. The van der Waals surface area contributed by atoms with Crippen molar-refractivity contribution in [3.05, 3.63) is 89.5 Å². The van der Waals surface area contributed by atoms with Crippen LogP contribution >= 0.6 is 11.3 Å². The number of methoxy groups -OCH3 is 1. The molecule has 0 saturated carbocycles. The van der Waals surface area contributed by atoms with Gasteiger partial charge in [0.15, 0.2) is 0 Å². The Balaban J connectivity index is 1.36. The van der Waals surface area contributed by atoms with Gasteiger partial charge in [-0.1, -0.05) is 18.7 Å². The molecule has 0 saturated heterocycles. The van der Waals surface area contributed by atoms with Crippen LogP contribution in [0, 0.1) is 5.82 Å². The van der Waals surface area contributed by atoms with Crippen LogP contribution in [-0.2, 0) is 40.3 Å². The van der Waals surface area contributed by atoms with Gasteiger partial charge in [0.25, 0.3) is 0 Å². The molecule has 7 rings (SSSR count). The molecule has 2 aliphatic heterocycles. The monoisotopic (exact) mass is 709 g/mol. The van der Waals surface area contributed by atoms with Crippen LogP contribution in [0.15, 0.2) is 66.7 Å². The van der Waals surface area contributed by atoms with Crippen LogP contribution in [0.2, 0.25) is 0 Å². The van der Waals surface area contributed by atoms with Crippen LogP contribution in [0.5, 0.6) is 5.75 Å². The van der Waals surface area contributed by atoms with E-state index < -0.39 is 11.4 Å². The number of hydrogen-bond acceptors (Lipinski definition) is 8. The zero-order valence-corrected chi connectivity index (χ0v) is 30.0. The minimum atomic E-state index is -0.565. The van der Waals surface area contributed by atoms with Gasteiger partial charge in [0.2, 0.25) is 5.91 Å². The lowest BCUT2D eigenvalue weighted by atomic mass is 9.93. The number of rotatable bonds is 8. The Morgan fingerprint density at radius 2 is 1.82 bits per heavy atom. The normalized spacial score (nSPS) is 14.3. The van der Waals surface area contributed by atoms with E-state index in [9.17, 15) is 14.0 Å². The van der Waals surface area contributed by atoms with E-state index >= 15 is 0 Å². The molecule has 0 aliphatic carbocycles. The number of nitrogens with zero attached hydrogens (tertiary/aromatic N) is 5. The first-order valence-electron chi connectivity index (χ1n) is 16.9. The maximum atomic E-state index is 14.7. The smallest absolute Gasteiger partial charge is 0.410 e. The quantitative estimate of drug-likeness (QED) is 0.122. The van der Waals surface area contributed by atoms with Crippen LogP contribution in [-0.4, -0.2) is 75.3 Å². The summed E-state index contributed by atoms with van der Waals surface area (Å²) in [6, 6.07) is 12.9. The molecule has 5 heterocycles. The summed E-state index contributed by atoms with van der Waals surface area (Å²) in [5, 5.41) is 2.98. The highest BCUT2D eigenvalue weighted by Crippen LogP contribution is 2.46. The second-order valence-corrected chi connectivity index (χ2v) is 14.6. The number of fused-ring (bicyclic) bond motifs is 3. The molecule has 51 heavy (non-hydrogen) atoms. The molecule has 3 aromatic heterocycles. The van der Waals surface area contributed by atoms with Crippen LogP contribution in [0.3, 0.4) is 0 Å². The zero-order chi connectivity index (χ0) is 35.9. The van der Waals surface area contributed by atoms with Gasteiger partial charge in [0.1, 0.15) is 41.0 Å². The lowest BCUT2D eigenvalue weighted by molar-refractivity contribution is -0.127. The maximum absolute atomic E-state index is 14.7. The van der Waals surface area contributed by atoms with Gasteiger partial charge in [-0.05, 0) is 74.0 Å². The molecule has 12 heteroatoms. The van der Waals surface area contributed by atoms with Gasteiger partial charge in [0.05, 0.1) is 18.8 Å². The van der Waals surface area contributed by atoms with E-state index in [0.29, 0.717) is 68.5 Å². The average Bonchev–Trinajstić information content (AvgIpc) is 3.77. The van der Waals surface area contributed by atoms with Gasteiger partial charge in [-0.15, -0.1) is 11.3 Å². The Labute approximate surface area is 300 Å². The number of carbonyl (C=O) groups is 2. The number of aromatic nitrogens is 3. The third-order valence-corrected chi connectivity index (χ3v) is 9.97. The molecule has 0 bridgehead atoms. The Morgan fingerprint density at radius 3 is 2.61 bits per heavy atom. The fourth-order valence-electron chi connectivity index (χ4n) is 6.60. The Morgan fingerprint density at radius 1 is 0.980 bits per heavy atom. The highest BCUT2D eigenvalue weighted by molar-refractivity contribution is 7.18. The van der Waals surface area contributed by atoms with E-state index in [1.54, 1.807) is 34.3 Å². The van der Waals surface area contributed by atoms with E-state index in [1.165, 1.54) is 18.2 Å². The lowest BCUT2D eigenvalue weighted by Crippen LogP contribution is -2.39. The number of benzene rings is 2. The molecule has 5 aromatic rings. The third-order valence-electron chi connectivity index (χ3n) is 9.04. The highest BCUT2D eigenvalue weighted by Gasteiger charge is 2.29. The SMILES string of the molecule is C=CC(=O)N1CCn2cc(-c3nc(-c4ccc5c(c4)CCN(C(=O)OC(C)(C)C)C5)c4ccsc4c3-c3ccc(F)cc3OCCOC)nc2C1. The Bertz CT molecular complexity index is 2150. The van der Waals surface area contributed by atoms with Crippen molar-refractivity contribution in [2.45, 2.75) is 52.4 Å². The zero-order valence-electron chi connectivity index (χ0n) is 29.2. The lowest BCUT2D eigenvalue weighted by Gasteiger charge is -2.31. The Hall–Kier alpha value is -5.07. The van der Waals surface area contributed by atoms with Crippen molar-refractivity contribution in [2.75, 3.05) is 33.4 Å². The predicted molar refractivity (Wildman–Crippen MR) is 195 cm³/mol. The summed E-state index contributed by atoms with van der Waals surface area (Å²) in [4.78, 5) is 39.2. The van der Waals surface area contributed by atoms with Crippen molar-refractivity contribution in [3.8, 4) is 39.5 Å². The molecular weight excluding hydrogens is 670 g/mol. The van der Waals surface area contributed by atoms with Crippen LogP contribution in [0.1, 0.15) is 37.7 Å². The van der Waals surface area contributed by atoms with Crippen LogP contribution in [0.25, 0.3) is 43.9 Å². The van der Waals surface area contributed by atoms with Gasteiger partial charge < -0.3 is 28.6 Å². The summed E-state index contributed by atoms with van der Waals surface area (Å²) in [6.45, 7) is 12.3. The molecule has 0 N–H and O–H groups in total. The van der Waals surface area contributed by atoms with Crippen LogP contribution in [0.4, 0.5) is 9.18 Å². The summed E-state index contributed by atoms with van der Waals surface area (Å²) in [6.07, 6.45) is 3.67. The molecule has 2 amide bonds. The van der Waals surface area contributed by atoms with Crippen LogP contribution < -0.4 is 4.74 Å². The van der Waals surface area contributed by atoms with E-state index in [2.05, 4.69) is 35.4 Å². The molecule has 10 nitrogen and oxygen atoms in total. The number of carbonyl (C=O) groups excluding carboxylic acids is 2. The summed E-state index contributed by atoms with van der Waals surface area (Å²) >= 11 is 1.58. The van der Waals surface area contributed by atoms with E-state index in [-0.39, 0.29) is 18.6 Å². The fourth-order valence-corrected chi connectivity index (χ4v) is 7.56. The van der Waals surface area contributed by atoms with Crippen molar-refractivity contribution < 1.29 is 28.2 Å². The van der Waals surface area contributed by atoms with Crippen molar-refractivity contribution in [1.82, 2.24) is 24.3 Å². The van der Waals surface area contributed by atoms with Gasteiger partial charge >= 0.3 is 6.09 Å². The first-order chi connectivity index (χ1) is 24.5. The highest BCUT2D eigenvalue weighted by atomic mass is 32.1. The average molecular weight is 710 g/mol. The van der Waals surface area contributed by atoms with Gasteiger partial charge in [-0.2, -0.15) is 0 Å². The number of imidazole rings is 1. The summed E-state index contributed by atoms with van der Waals surface area (Å²) in [7, 11) is 1.59. The van der Waals surface area contributed by atoms with Crippen molar-refractivity contribution in [3.63, 3.8) is 0 Å². The molecule has 0 radical (unpaired) electrons. The van der Waals surface area contributed by atoms with Crippen molar-refractivity contribution >= 4 is 33.4 Å². The first kappa shape index (κ1) is 34.4. The number of thiophene rings is 1. The molecule has 0 spiro atoms. The largest absolute Gasteiger partial charge is 0.490 e. The molecular formula is C39H40FN5O5S. The molecule has 0 atom stereocenters. The number of ether oxygens (including phenoxy) is 3. The molecule has 0 fully saturated rings. The van der Waals surface area contributed by atoms with Crippen molar-refractivity contribution in [2.24, 2.45) is 0 Å². The van der Waals surface area contributed by atoms with E-state index in [4.69, 9.17) is 24.2 Å². The third kappa shape index (κ3) is 6.98. The number of amides is 2. The molecule has 2 aliphatic rings. The van der Waals surface area contributed by atoms with Gasteiger partial charge in [-0.25, -0.2) is 19.2 Å². The van der Waals surface area contributed by atoms with Gasteiger partial charge in [-0.3, -0.25) is 4.79 Å². The summed E-state index contributed by atoms with van der Waals surface area (Å²) < 4.78 is 34.6. The molecule has 0 unspecified atom stereocenters. The Kier molecular flexibility index (Phi) is 9.38.